The molecule has 0 saturated heterocycles. The van der Waals surface area contributed by atoms with E-state index >= 15 is 0 Å². The molecule has 0 heterocycles. The summed E-state index contributed by atoms with van der Waals surface area (Å²) in [5, 5.41) is 30.2. The highest BCUT2D eigenvalue weighted by Crippen LogP contribution is 2.67. The Balaban J connectivity index is 1.57. The minimum Gasteiger partial charge on any atom is -0.481 e. The second kappa shape index (κ2) is 7.12. The molecular weight excluding hydrogens is 352 g/mol. The Kier molecular flexibility index (Phi) is 5.19. The first kappa shape index (κ1) is 20.4. The Bertz CT molecular complexity index is 657. The zero-order chi connectivity index (χ0) is 20.3. The number of hydrogen-bond donors (Lipinski definition) is 3. The number of carboxylic acids is 1. The molecular formula is C24H38O4. The topological polar surface area (TPSA) is 77.8 Å². The average Bonchev–Trinajstić information content (AvgIpc) is 2.99. The molecule has 3 N–H and O–H groups in total. The standard InChI is InChI=1S/C24H38O4/c1-14(4-7-22(27)28)17-5-6-18-16-13-21(26)20-12-15(25)8-10-24(20,3)19(16)9-11-23(17,18)2/h12,14-19,21,25-26H,4-11,13H2,1-3H3,(H,27,28)/t14-,15+,16+,17-,18+,19+,21-,23-,24-/m1/s1. The maximum absolute atomic E-state index is 11.0. The number of hydrogen-bond acceptors (Lipinski definition) is 3. The van der Waals surface area contributed by atoms with Gasteiger partial charge in [-0.1, -0.05) is 26.8 Å². The molecule has 0 radical (unpaired) electrons. The van der Waals surface area contributed by atoms with E-state index in [1.54, 1.807) is 0 Å². The summed E-state index contributed by atoms with van der Waals surface area (Å²) in [7, 11) is 0. The molecule has 0 spiro atoms. The van der Waals surface area contributed by atoms with Gasteiger partial charge in [0.05, 0.1) is 12.2 Å². The third-order valence-electron chi connectivity index (χ3n) is 9.67. The Morgan fingerprint density at radius 2 is 1.89 bits per heavy atom. The Morgan fingerprint density at radius 3 is 2.61 bits per heavy atom. The van der Waals surface area contributed by atoms with Gasteiger partial charge in [0.2, 0.25) is 0 Å². The summed E-state index contributed by atoms with van der Waals surface area (Å²) < 4.78 is 0. The van der Waals surface area contributed by atoms with Crippen molar-refractivity contribution in [1.29, 1.82) is 0 Å². The number of fused-ring (bicyclic) bond motifs is 5. The zero-order valence-corrected chi connectivity index (χ0v) is 17.7. The predicted octanol–water partition coefficient (Wildman–Crippen LogP) is 4.40. The molecule has 4 aliphatic carbocycles. The number of aliphatic hydroxyl groups excluding tert-OH is 2. The quantitative estimate of drug-likeness (QED) is 0.622. The van der Waals surface area contributed by atoms with Crippen molar-refractivity contribution in [3.05, 3.63) is 11.6 Å². The molecule has 4 heteroatoms. The molecule has 0 aromatic rings. The van der Waals surface area contributed by atoms with Crippen LogP contribution in [-0.4, -0.2) is 33.5 Å². The predicted molar refractivity (Wildman–Crippen MR) is 109 cm³/mol. The van der Waals surface area contributed by atoms with Crippen molar-refractivity contribution < 1.29 is 20.1 Å². The molecule has 0 aromatic carbocycles. The van der Waals surface area contributed by atoms with Crippen LogP contribution < -0.4 is 0 Å². The highest BCUT2D eigenvalue weighted by Gasteiger charge is 2.60. The van der Waals surface area contributed by atoms with Gasteiger partial charge in [-0.3, -0.25) is 4.79 Å². The first-order valence-electron chi connectivity index (χ1n) is 11.5. The maximum Gasteiger partial charge on any atom is 0.303 e. The highest BCUT2D eigenvalue weighted by molar-refractivity contribution is 5.66. The normalized spacial score (nSPS) is 48.8. The second-order valence-electron chi connectivity index (χ2n) is 10.9. The summed E-state index contributed by atoms with van der Waals surface area (Å²) in [5.41, 5.74) is 1.43. The summed E-state index contributed by atoms with van der Waals surface area (Å²) in [6, 6.07) is 0. The van der Waals surface area contributed by atoms with E-state index in [1.807, 2.05) is 6.08 Å². The summed E-state index contributed by atoms with van der Waals surface area (Å²) in [6.07, 6.45) is 9.72. The molecule has 0 amide bonds. The molecule has 3 saturated carbocycles. The summed E-state index contributed by atoms with van der Waals surface area (Å²) >= 11 is 0. The molecule has 158 valence electrons. The fourth-order valence-electron chi connectivity index (χ4n) is 8.28. The largest absolute Gasteiger partial charge is 0.481 e. The van der Waals surface area contributed by atoms with Crippen molar-refractivity contribution in [2.75, 3.05) is 0 Å². The summed E-state index contributed by atoms with van der Waals surface area (Å²) in [5.74, 6) is 2.18. The van der Waals surface area contributed by atoms with Gasteiger partial charge in [0.1, 0.15) is 0 Å². The lowest BCUT2D eigenvalue weighted by molar-refractivity contribution is -0.137. The number of aliphatic hydroxyl groups is 2. The molecule has 4 aliphatic rings. The highest BCUT2D eigenvalue weighted by atomic mass is 16.4. The van der Waals surface area contributed by atoms with E-state index in [-0.39, 0.29) is 17.3 Å². The molecule has 9 atom stereocenters. The van der Waals surface area contributed by atoms with Crippen LogP contribution in [0, 0.1) is 40.4 Å². The van der Waals surface area contributed by atoms with Gasteiger partial charge in [-0.25, -0.2) is 0 Å². The van der Waals surface area contributed by atoms with Crippen LogP contribution in [0.3, 0.4) is 0 Å². The van der Waals surface area contributed by atoms with Crippen molar-refractivity contribution >= 4 is 5.97 Å². The summed E-state index contributed by atoms with van der Waals surface area (Å²) in [4.78, 5) is 11.0. The fraction of sp³-hybridized carbons (Fsp3) is 0.875. The van der Waals surface area contributed by atoms with Gasteiger partial charge < -0.3 is 15.3 Å². The van der Waals surface area contributed by atoms with Crippen LogP contribution in [0.1, 0.15) is 78.6 Å². The lowest BCUT2D eigenvalue weighted by atomic mass is 9.46. The van der Waals surface area contributed by atoms with Gasteiger partial charge in [-0.05, 0) is 97.4 Å². The molecule has 0 bridgehead atoms. The molecule has 3 fully saturated rings. The van der Waals surface area contributed by atoms with Crippen molar-refractivity contribution in [3.63, 3.8) is 0 Å². The summed E-state index contributed by atoms with van der Waals surface area (Å²) in [6.45, 7) is 7.07. The Hall–Kier alpha value is -0.870. The van der Waals surface area contributed by atoms with E-state index in [0.717, 1.165) is 31.3 Å². The van der Waals surface area contributed by atoms with Crippen molar-refractivity contribution in [2.24, 2.45) is 40.4 Å². The molecule has 4 rings (SSSR count). The van der Waals surface area contributed by atoms with Gasteiger partial charge in [0.15, 0.2) is 0 Å². The smallest absolute Gasteiger partial charge is 0.303 e. The third-order valence-corrected chi connectivity index (χ3v) is 9.67. The number of carboxylic acid groups (broad SMARTS) is 1. The average molecular weight is 391 g/mol. The molecule has 4 nitrogen and oxygen atoms in total. The van der Waals surface area contributed by atoms with Crippen LogP contribution in [0.25, 0.3) is 0 Å². The first-order valence-corrected chi connectivity index (χ1v) is 11.5. The second-order valence-corrected chi connectivity index (χ2v) is 10.9. The van der Waals surface area contributed by atoms with E-state index in [2.05, 4.69) is 20.8 Å². The van der Waals surface area contributed by atoms with E-state index in [4.69, 9.17) is 5.11 Å². The molecule has 0 aromatic heterocycles. The molecule has 0 unspecified atom stereocenters. The SMILES string of the molecule is C[C@H](CCC(=O)O)[C@H]1CC[C@H]2[C@@H]3C[C@@H](O)C4=C[C@@H](O)CC[C@]4(C)[C@H]3CC[C@]12C. The van der Waals surface area contributed by atoms with E-state index in [0.29, 0.717) is 29.6 Å². The Labute approximate surface area is 169 Å². The number of rotatable bonds is 4. The van der Waals surface area contributed by atoms with Crippen LogP contribution in [-0.2, 0) is 4.79 Å². The van der Waals surface area contributed by atoms with Crippen LogP contribution >= 0.6 is 0 Å². The van der Waals surface area contributed by atoms with E-state index in [1.165, 1.54) is 25.7 Å². The fourth-order valence-corrected chi connectivity index (χ4v) is 8.28. The molecule has 0 aliphatic heterocycles. The van der Waals surface area contributed by atoms with Crippen LogP contribution in [0.4, 0.5) is 0 Å². The minimum atomic E-state index is -0.683. The Morgan fingerprint density at radius 1 is 1.14 bits per heavy atom. The maximum atomic E-state index is 11.0. The zero-order valence-electron chi connectivity index (χ0n) is 17.7. The van der Waals surface area contributed by atoms with E-state index in [9.17, 15) is 15.0 Å². The van der Waals surface area contributed by atoms with Crippen molar-refractivity contribution in [2.45, 2.75) is 90.8 Å². The van der Waals surface area contributed by atoms with Gasteiger partial charge in [0, 0.05) is 6.42 Å². The van der Waals surface area contributed by atoms with Crippen LogP contribution in [0.2, 0.25) is 0 Å². The van der Waals surface area contributed by atoms with Gasteiger partial charge >= 0.3 is 5.97 Å². The van der Waals surface area contributed by atoms with Crippen molar-refractivity contribution in [3.8, 4) is 0 Å². The third kappa shape index (κ3) is 3.06. The van der Waals surface area contributed by atoms with Crippen LogP contribution in [0.5, 0.6) is 0 Å². The first-order chi connectivity index (χ1) is 13.2. The van der Waals surface area contributed by atoms with Gasteiger partial charge in [0.25, 0.3) is 0 Å². The van der Waals surface area contributed by atoms with Crippen molar-refractivity contribution in [1.82, 2.24) is 0 Å². The lowest BCUT2D eigenvalue weighted by Crippen LogP contribution is -2.54. The number of aliphatic carboxylic acids is 1. The van der Waals surface area contributed by atoms with E-state index < -0.39 is 18.2 Å². The minimum absolute atomic E-state index is 0.0376. The van der Waals surface area contributed by atoms with Gasteiger partial charge in [-0.2, -0.15) is 0 Å². The van der Waals surface area contributed by atoms with Crippen LogP contribution in [0.15, 0.2) is 11.6 Å². The van der Waals surface area contributed by atoms with Gasteiger partial charge in [-0.15, -0.1) is 0 Å². The monoisotopic (exact) mass is 390 g/mol. The molecule has 28 heavy (non-hydrogen) atoms. The number of carbonyl (C=O) groups is 1. The lowest BCUT2D eigenvalue weighted by Gasteiger charge is -2.60.